The van der Waals surface area contributed by atoms with E-state index in [2.05, 4.69) is 161 Å². The number of para-hydroxylation sites is 6. The molecule has 0 aliphatic carbocycles. The van der Waals surface area contributed by atoms with Crippen LogP contribution >= 0.6 is 0 Å². The highest BCUT2D eigenvalue weighted by molar-refractivity contribution is 6.20. The van der Waals surface area contributed by atoms with E-state index in [1.807, 2.05) is 30.3 Å². The smallest absolute Gasteiger partial charge is 0.213 e. The van der Waals surface area contributed by atoms with Crippen LogP contribution in [0.5, 0.6) is 0 Å². The fourth-order valence-corrected chi connectivity index (χ4v) is 8.53. The standard InChI is InChI=1S/C50H30N2O3/c1-2-12-33(13-3-1)52-41-19-7-4-16-39(41)47-40-30-32(26-29-46(40)55-50(47)52)31-24-27-34(28-25-31)51(42-20-10-17-37-35-14-5-8-22-44(35)53-48(37)42)43-21-11-18-38-36-15-6-9-23-45(36)54-49(38)43/h1-30H. The quantitative estimate of drug-likeness (QED) is 0.179. The molecule has 0 amide bonds. The van der Waals surface area contributed by atoms with E-state index in [0.29, 0.717) is 0 Å². The van der Waals surface area contributed by atoms with Crippen molar-refractivity contribution in [3.05, 3.63) is 182 Å². The Bertz CT molecular complexity index is 3320. The zero-order valence-corrected chi connectivity index (χ0v) is 29.4. The van der Waals surface area contributed by atoms with E-state index in [0.717, 1.165) is 105 Å². The van der Waals surface area contributed by atoms with Crippen LogP contribution in [0.3, 0.4) is 0 Å². The summed E-state index contributed by atoms with van der Waals surface area (Å²) < 4.78 is 22.1. The highest BCUT2D eigenvalue weighted by atomic mass is 16.3. The molecule has 0 aliphatic rings. The molecule has 12 rings (SSSR count). The number of anilines is 3. The number of aromatic nitrogens is 1. The highest BCUT2D eigenvalue weighted by Crippen LogP contribution is 2.46. The monoisotopic (exact) mass is 706 g/mol. The lowest BCUT2D eigenvalue weighted by Gasteiger charge is -2.25. The lowest BCUT2D eigenvalue weighted by atomic mass is 10.0. The van der Waals surface area contributed by atoms with E-state index < -0.39 is 0 Å². The highest BCUT2D eigenvalue weighted by Gasteiger charge is 2.24. The van der Waals surface area contributed by atoms with Crippen LogP contribution in [0, 0.1) is 0 Å². The Morgan fingerprint density at radius 1 is 0.382 bits per heavy atom. The molecule has 8 aromatic carbocycles. The van der Waals surface area contributed by atoms with Crippen LogP contribution in [0.2, 0.25) is 0 Å². The summed E-state index contributed by atoms with van der Waals surface area (Å²) in [4.78, 5) is 2.26. The van der Waals surface area contributed by atoms with Gasteiger partial charge in [-0.1, -0.05) is 115 Å². The summed E-state index contributed by atoms with van der Waals surface area (Å²) in [6.45, 7) is 0. The molecule has 0 unspecified atom stereocenters. The predicted molar refractivity (Wildman–Crippen MR) is 225 cm³/mol. The van der Waals surface area contributed by atoms with Crippen LogP contribution in [0.15, 0.2) is 195 Å². The lowest BCUT2D eigenvalue weighted by molar-refractivity contribution is 0.645. The maximum atomic E-state index is 6.62. The largest absolute Gasteiger partial charge is 0.454 e. The topological polar surface area (TPSA) is 47.6 Å². The molecule has 0 aliphatic heterocycles. The number of hydrogen-bond acceptors (Lipinski definition) is 4. The SMILES string of the molecule is c1ccc(-n2c3ccccc3c3c4cc(-c5ccc(N(c6cccc7c6oc6ccccc67)c6cccc7c6oc6ccccc67)cc5)ccc4oc32)cc1. The molecular formula is C50H30N2O3. The van der Waals surface area contributed by atoms with Gasteiger partial charge in [0.1, 0.15) is 16.7 Å². The molecule has 0 fully saturated rings. The minimum atomic E-state index is 0.824. The van der Waals surface area contributed by atoms with Crippen molar-refractivity contribution in [1.82, 2.24) is 4.57 Å². The van der Waals surface area contributed by atoms with Gasteiger partial charge in [0.25, 0.3) is 0 Å². The summed E-state index contributed by atoms with van der Waals surface area (Å²) in [5.41, 5.74) is 12.4. The average molecular weight is 707 g/mol. The van der Waals surface area contributed by atoms with E-state index in [9.17, 15) is 0 Å². The number of nitrogens with zero attached hydrogens (tertiary/aromatic N) is 2. The van der Waals surface area contributed by atoms with Gasteiger partial charge in [-0.2, -0.15) is 0 Å². The van der Waals surface area contributed by atoms with Gasteiger partial charge in [0.15, 0.2) is 11.2 Å². The summed E-state index contributed by atoms with van der Waals surface area (Å²) in [6, 6.07) is 63.4. The normalized spacial score (nSPS) is 12.0. The third-order valence-corrected chi connectivity index (χ3v) is 11.0. The number of furan rings is 3. The van der Waals surface area contributed by atoms with Crippen molar-refractivity contribution in [2.75, 3.05) is 4.90 Å². The Kier molecular flexibility index (Phi) is 6.27. The van der Waals surface area contributed by atoms with Crippen molar-refractivity contribution in [2.45, 2.75) is 0 Å². The van der Waals surface area contributed by atoms with Crippen molar-refractivity contribution in [2.24, 2.45) is 0 Å². The van der Waals surface area contributed by atoms with Gasteiger partial charge in [0, 0.05) is 43.7 Å². The Morgan fingerprint density at radius 3 is 1.60 bits per heavy atom. The summed E-state index contributed by atoms with van der Waals surface area (Å²) in [6.07, 6.45) is 0. The minimum absolute atomic E-state index is 0.824. The molecule has 258 valence electrons. The second-order valence-electron chi connectivity index (χ2n) is 14.1. The van der Waals surface area contributed by atoms with Gasteiger partial charge >= 0.3 is 0 Å². The van der Waals surface area contributed by atoms with Crippen LogP contribution in [-0.4, -0.2) is 4.57 Å². The minimum Gasteiger partial charge on any atom is -0.454 e. The molecule has 0 saturated heterocycles. The number of benzene rings is 8. The summed E-state index contributed by atoms with van der Waals surface area (Å²) in [5.74, 6) is 0. The third-order valence-electron chi connectivity index (χ3n) is 11.0. The maximum absolute atomic E-state index is 6.62. The van der Waals surface area contributed by atoms with Gasteiger partial charge in [0.2, 0.25) is 5.71 Å². The second-order valence-corrected chi connectivity index (χ2v) is 14.1. The first-order valence-electron chi connectivity index (χ1n) is 18.5. The van der Waals surface area contributed by atoms with Gasteiger partial charge < -0.3 is 18.2 Å². The van der Waals surface area contributed by atoms with Crippen molar-refractivity contribution in [3.63, 3.8) is 0 Å². The lowest BCUT2D eigenvalue weighted by Crippen LogP contribution is -2.10. The fourth-order valence-electron chi connectivity index (χ4n) is 8.53. The molecule has 0 radical (unpaired) electrons. The zero-order chi connectivity index (χ0) is 36.0. The molecule has 55 heavy (non-hydrogen) atoms. The average Bonchev–Trinajstić information content (AvgIpc) is 4.00. The van der Waals surface area contributed by atoms with Crippen molar-refractivity contribution in [3.8, 4) is 16.8 Å². The molecule has 0 saturated carbocycles. The summed E-state index contributed by atoms with van der Waals surface area (Å²) >= 11 is 0. The summed E-state index contributed by atoms with van der Waals surface area (Å²) in [5, 5.41) is 7.70. The molecule has 0 spiro atoms. The Hall–Kier alpha value is -7.50. The Labute approximate surface area is 314 Å². The van der Waals surface area contributed by atoms with E-state index in [1.54, 1.807) is 0 Å². The fraction of sp³-hybridized carbons (Fsp3) is 0. The van der Waals surface area contributed by atoms with Gasteiger partial charge in [-0.25, -0.2) is 0 Å². The van der Waals surface area contributed by atoms with Gasteiger partial charge in [-0.05, 0) is 77.9 Å². The van der Waals surface area contributed by atoms with E-state index in [4.69, 9.17) is 13.3 Å². The van der Waals surface area contributed by atoms with Crippen molar-refractivity contribution >= 4 is 93.9 Å². The molecule has 0 N–H and O–H groups in total. The molecule has 4 heterocycles. The van der Waals surface area contributed by atoms with E-state index in [-0.39, 0.29) is 0 Å². The van der Waals surface area contributed by atoms with Crippen molar-refractivity contribution in [1.29, 1.82) is 0 Å². The molecule has 4 aromatic heterocycles. The van der Waals surface area contributed by atoms with Crippen LogP contribution in [0.1, 0.15) is 0 Å². The van der Waals surface area contributed by atoms with Gasteiger partial charge in [-0.3, -0.25) is 4.57 Å². The maximum Gasteiger partial charge on any atom is 0.213 e. The molecule has 0 bridgehead atoms. The molecule has 12 aromatic rings. The number of hydrogen-bond donors (Lipinski definition) is 0. The first kappa shape index (κ1) is 30.0. The molecular weight excluding hydrogens is 677 g/mol. The van der Waals surface area contributed by atoms with Crippen molar-refractivity contribution < 1.29 is 13.3 Å². The predicted octanol–water partition coefficient (Wildman–Crippen LogP) is 14.5. The second kappa shape index (κ2) is 11.5. The van der Waals surface area contributed by atoms with Crippen LogP contribution in [0.4, 0.5) is 17.1 Å². The van der Waals surface area contributed by atoms with Crippen LogP contribution in [-0.2, 0) is 0 Å². The Balaban J connectivity index is 1.04. The number of fused-ring (bicyclic) bond motifs is 11. The van der Waals surface area contributed by atoms with Crippen LogP contribution < -0.4 is 4.90 Å². The molecule has 5 heteroatoms. The van der Waals surface area contributed by atoms with Gasteiger partial charge in [0.05, 0.1) is 22.3 Å². The summed E-state index contributed by atoms with van der Waals surface area (Å²) in [7, 11) is 0. The first-order chi connectivity index (χ1) is 27.3. The molecule has 0 atom stereocenters. The first-order valence-corrected chi connectivity index (χ1v) is 18.5. The van der Waals surface area contributed by atoms with E-state index in [1.165, 1.54) is 5.39 Å². The van der Waals surface area contributed by atoms with E-state index >= 15 is 0 Å². The number of rotatable bonds is 5. The molecule has 5 nitrogen and oxygen atoms in total. The third kappa shape index (κ3) is 4.41. The zero-order valence-electron chi connectivity index (χ0n) is 29.4. The van der Waals surface area contributed by atoms with Crippen LogP contribution in [0.25, 0.3) is 93.7 Å². The van der Waals surface area contributed by atoms with Gasteiger partial charge in [-0.15, -0.1) is 0 Å². The Morgan fingerprint density at radius 2 is 0.927 bits per heavy atom.